The van der Waals surface area contributed by atoms with Crippen molar-refractivity contribution < 1.29 is 0 Å². The van der Waals surface area contributed by atoms with Crippen LogP contribution in [0, 0.1) is 0 Å². The van der Waals surface area contributed by atoms with E-state index in [2.05, 4.69) is 37.4 Å². The van der Waals surface area contributed by atoms with Crippen molar-refractivity contribution in [1.29, 1.82) is 0 Å². The maximum absolute atomic E-state index is 5.74. The monoisotopic (exact) mass is 230 g/mol. The molecular formula is C12H26N2S. The summed E-state index contributed by atoms with van der Waals surface area (Å²) >= 11 is 2.13. The molecule has 3 unspecified atom stereocenters. The zero-order valence-corrected chi connectivity index (χ0v) is 11.2. The molecule has 1 rings (SSSR count). The molecule has 1 aliphatic rings. The highest BCUT2D eigenvalue weighted by Gasteiger charge is 2.21. The lowest BCUT2D eigenvalue weighted by Crippen LogP contribution is -2.40. The van der Waals surface area contributed by atoms with Gasteiger partial charge in [0.05, 0.1) is 0 Å². The number of hydrogen-bond donors (Lipinski definition) is 1. The Hall–Kier alpha value is 0.270. The van der Waals surface area contributed by atoms with Crippen molar-refractivity contribution in [2.45, 2.75) is 56.6 Å². The van der Waals surface area contributed by atoms with Crippen LogP contribution in [0.5, 0.6) is 0 Å². The normalized spacial score (nSPS) is 30.4. The Morgan fingerprint density at radius 3 is 2.40 bits per heavy atom. The molecular weight excluding hydrogens is 204 g/mol. The summed E-state index contributed by atoms with van der Waals surface area (Å²) in [4.78, 5) is 2.62. The third-order valence-electron chi connectivity index (χ3n) is 2.88. The first-order valence-electron chi connectivity index (χ1n) is 6.21. The topological polar surface area (TPSA) is 29.3 Å². The molecule has 3 heteroatoms. The number of unbranched alkanes of at least 4 members (excludes halogenated alkanes) is 1. The third-order valence-corrected chi connectivity index (χ3v) is 4.11. The molecule has 2 N–H and O–H groups in total. The van der Waals surface area contributed by atoms with Crippen molar-refractivity contribution in [2.24, 2.45) is 5.73 Å². The Morgan fingerprint density at radius 2 is 1.87 bits per heavy atom. The highest BCUT2D eigenvalue weighted by Crippen LogP contribution is 2.24. The fourth-order valence-corrected chi connectivity index (χ4v) is 3.66. The lowest BCUT2D eigenvalue weighted by atomic mass is 10.1. The smallest absolute Gasteiger partial charge is 0.0149 e. The highest BCUT2D eigenvalue weighted by atomic mass is 32.2. The Kier molecular flexibility index (Phi) is 6.02. The van der Waals surface area contributed by atoms with Crippen molar-refractivity contribution in [2.75, 3.05) is 19.6 Å². The summed E-state index contributed by atoms with van der Waals surface area (Å²) in [7, 11) is 0. The van der Waals surface area contributed by atoms with Crippen LogP contribution < -0.4 is 5.73 Å². The van der Waals surface area contributed by atoms with Gasteiger partial charge in [-0.2, -0.15) is 11.8 Å². The quantitative estimate of drug-likeness (QED) is 0.735. The van der Waals surface area contributed by atoms with Crippen LogP contribution in [0.4, 0.5) is 0 Å². The molecule has 0 radical (unpaired) electrons. The molecule has 1 heterocycles. The van der Waals surface area contributed by atoms with Gasteiger partial charge < -0.3 is 10.6 Å². The summed E-state index contributed by atoms with van der Waals surface area (Å²) in [5, 5.41) is 1.62. The predicted molar refractivity (Wildman–Crippen MR) is 70.5 cm³/mol. The molecule has 0 aliphatic carbocycles. The van der Waals surface area contributed by atoms with Crippen LogP contribution in [-0.2, 0) is 0 Å². The van der Waals surface area contributed by atoms with Crippen molar-refractivity contribution >= 4 is 11.8 Å². The number of thioether (sulfide) groups is 1. The van der Waals surface area contributed by atoms with E-state index in [0.29, 0.717) is 6.04 Å². The Bertz CT molecular complexity index is 163. The molecule has 0 spiro atoms. The van der Waals surface area contributed by atoms with Crippen LogP contribution >= 0.6 is 11.8 Å². The van der Waals surface area contributed by atoms with Crippen LogP contribution in [0.2, 0.25) is 0 Å². The van der Waals surface area contributed by atoms with Gasteiger partial charge in [-0.05, 0) is 26.3 Å². The van der Waals surface area contributed by atoms with Crippen molar-refractivity contribution in [3.05, 3.63) is 0 Å². The second kappa shape index (κ2) is 6.77. The lowest BCUT2D eigenvalue weighted by Gasteiger charge is -2.34. The first-order chi connectivity index (χ1) is 7.08. The minimum Gasteiger partial charge on any atom is -0.328 e. The van der Waals surface area contributed by atoms with E-state index in [1.165, 1.54) is 38.9 Å². The fourth-order valence-electron chi connectivity index (χ4n) is 2.27. The highest BCUT2D eigenvalue weighted by molar-refractivity contribution is 8.00. The van der Waals surface area contributed by atoms with Gasteiger partial charge >= 0.3 is 0 Å². The molecule has 0 saturated carbocycles. The second-order valence-corrected chi connectivity index (χ2v) is 6.87. The summed E-state index contributed by atoms with van der Waals surface area (Å²) in [6, 6.07) is 0.375. The zero-order valence-electron chi connectivity index (χ0n) is 10.4. The molecule has 0 amide bonds. The van der Waals surface area contributed by atoms with Gasteiger partial charge in [0.2, 0.25) is 0 Å². The zero-order chi connectivity index (χ0) is 11.3. The minimum atomic E-state index is 0.375. The molecule has 1 fully saturated rings. The molecule has 0 aromatic carbocycles. The van der Waals surface area contributed by atoms with Gasteiger partial charge in [0.15, 0.2) is 0 Å². The van der Waals surface area contributed by atoms with E-state index in [0.717, 1.165) is 10.5 Å². The van der Waals surface area contributed by atoms with Gasteiger partial charge in [-0.25, -0.2) is 0 Å². The molecule has 0 aromatic heterocycles. The summed E-state index contributed by atoms with van der Waals surface area (Å²) in [6.07, 6.45) is 3.77. The summed E-state index contributed by atoms with van der Waals surface area (Å²) in [5.41, 5.74) is 5.74. The number of rotatable bonds is 5. The standard InChI is InChI=1S/C12H26N2S/c1-10(13)6-4-5-7-14-8-11(2)15-12(3)9-14/h10-12H,4-9,13H2,1-3H3. The number of nitrogens with two attached hydrogens (primary N) is 1. The van der Waals surface area contributed by atoms with E-state index in [1.54, 1.807) is 0 Å². The number of nitrogens with zero attached hydrogens (tertiary/aromatic N) is 1. The molecule has 1 saturated heterocycles. The van der Waals surface area contributed by atoms with Gasteiger partial charge in [-0.1, -0.05) is 20.3 Å². The molecule has 2 nitrogen and oxygen atoms in total. The van der Waals surface area contributed by atoms with Crippen LogP contribution in [0.25, 0.3) is 0 Å². The van der Waals surface area contributed by atoms with Crippen LogP contribution in [-0.4, -0.2) is 41.1 Å². The van der Waals surface area contributed by atoms with E-state index in [4.69, 9.17) is 5.73 Å². The van der Waals surface area contributed by atoms with Gasteiger partial charge in [0.1, 0.15) is 0 Å². The molecule has 0 aromatic rings. The summed E-state index contributed by atoms with van der Waals surface area (Å²) in [6.45, 7) is 10.6. The van der Waals surface area contributed by atoms with E-state index >= 15 is 0 Å². The maximum Gasteiger partial charge on any atom is 0.0149 e. The molecule has 3 atom stereocenters. The summed E-state index contributed by atoms with van der Waals surface area (Å²) in [5.74, 6) is 0. The van der Waals surface area contributed by atoms with Crippen LogP contribution in [0.1, 0.15) is 40.0 Å². The summed E-state index contributed by atoms with van der Waals surface area (Å²) < 4.78 is 0. The van der Waals surface area contributed by atoms with Gasteiger partial charge in [0.25, 0.3) is 0 Å². The van der Waals surface area contributed by atoms with E-state index < -0.39 is 0 Å². The van der Waals surface area contributed by atoms with Crippen molar-refractivity contribution in [3.63, 3.8) is 0 Å². The molecule has 1 aliphatic heterocycles. The molecule has 0 bridgehead atoms. The largest absolute Gasteiger partial charge is 0.328 e. The first kappa shape index (κ1) is 13.3. The average molecular weight is 230 g/mol. The van der Waals surface area contributed by atoms with Gasteiger partial charge in [-0.15, -0.1) is 0 Å². The fraction of sp³-hybridized carbons (Fsp3) is 1.00. The van der Waals surface area contributed by atoms with Crippen LogP contribution in [0.15, 0.2) is 0 Å². The Labute approximate surface area is 99.0 Å². The Morgan fingerprint density at radius 1 is 1.27 bits per heavy atom. The maximum atomic E-state index is 5.74. The van der Waals surface area contributed by atoms with E-state index in [-0.39, 0.29) is 0 Å². The first-order valence-corrected chi connectivity index (χ1v) is 7.15. The van der Waals surface area contributed by atoms with E-state index in [9.17, 15) is 0 Å². The van der Waals surface area contributed by atoms with Crippen LogP contribution in [0.3, 0.4) is 0 Å². The molecule has 90 valence electrons. The van der Waals surface area contributed by atoms with Gasteiger partial charge in [0, 0.05) is 29.6 Å². The minimum absolute atomic E-state index is 0.375. The van der Waals surface area contributed by atoms with Gasteiger partial charge in [-0.3, -0.25) is 0 Å². The average Bonchev–Trinajstić information content (AvgIpc) is 2.10. The third kappa shape index (κ3) is 5.79. The Balaban J connectivity index is 2.10. The molecule has 15 heavy (non-hydrogen) atoms. The van der Waals surface area contributed by atoms with Crippen molar-refractivity contribution in [1.82, 2.24) is 4.90 Å². The SMILES string of the molecule is CC(N)CCCCN1CC(C)SC(C)C1. The lowest BCUT2D eigenvalue weighted by molar-refractivity contribution is 0.264. The second-order valence-electron chi connectivity index (χ2n) is 4.99. The van der Waals surface area contributed by atoms with E-state index in [1.807, 2.05) is 0 Å². The number of hydrogen-bond acceptors (Lipinski definition) is 3. The van der Waals surface area contributed by atoms with Crippen molar-refractivity contribution in [3.8, 4) is 0 Å². The predicted octanol–water partition coefficient (Wildman–Crippen LogP) is 2.33.